The van der Waals surface area contributed by atoms with Crippen molar-refractivity contribution < 1.29 is 18.0 Å². The lowest BCUT2D eigenvalue weighted by atomic mass is 10.2. The van der Waals surface area contributed by atoms with Gasteiger partial charge in [-0.15, -0.1) is 0 Å². The molecule has 6 nitrogen and oxygen atoms in total. The number of anilines is 1. The average Bonchev–Trinajstić information content (AvgIpc) is 2.47. The van der Waals surface area contributed by atoms with E-state index in [1.807, 2.05) is 0 Å². The lowest BCUT2D eigenvalue weighted by Gasteiger charge is -2.08. The molecule has 0 aliphatic rings. The van der Waals surface area contributed by atoms with E-state index in [1.54, 1.807) is 0 Å². The normalized spacial score (nSPS) is 12.1. The Morgan fingerprint density at radius 3 is 2.43 bits per heavy atom. The van der Waals surface area contributed by atoms with E-state index in [0.29, 0.717) is 5.56 Å². The standard InChI is InChI=1S/C13H12FN3O3S/c14-10-2-1-3-12(8-10)21(19,20)17-11-6-4-9(5-7-11)13(15)16-18/h1-8,17-18H,(H2,15,16). The van der Waals surface area contributed by atoms with Crippen molar-refractivity contribution in [3.05, 3.63) is 59.9 Å². The molecule has 0 saturated heterocycles. The molecule has 0 spiro atoms. The molecule has 2 aromatic rings. The molecule has 4 N–H and O–H groups in total. The van der Waals surface area contributed by atoms with Crippen LogP contribution in [-0.4, -0.2) is 19.5 Å². The van der Waals surface area contributed by atoms with Crippen molar-refractivity contribution >= 4 is 21.5 Å². The minimum atomic E-state index is -3.88. The summed E-state index contributed by atoms with van der Waals surface area (Å²) in [6.45, 7) is 0. The van der Waals surface area contributed by atoms with E-state index < -0.39 is 15.8 Å². The molecular weight excluding hydrogens is 297 g/mol. The predicted molar refractivity (Wildman–Crippen MR) is 76.2 cm³/mol. The summed E-state index contributed by atoms with van der Waals surface area (Å²) in [5.74, 6) is -0.727. The van der Waals surface area contributed by atoms with Gasteiger partial charge in [0.05, 0.1) is 4.90 Å². The molecule has 0 aliphatic carbocycles. The third kappa shape index (κ3) is 3.48. The monoisotopic (exact) mass is 309 g/mol. The first-order valence-corrected chi connectivity index (χ1v) is 7.27. The van der Waals surface area contributed by atoms with E-state index in [0.717, 1.165) is 12.1 Å². The van der Waals surface area contributed by atoms with Gasteiger partial charge in [-0.25, -0.2) is 12.8 Å². The number of rotatable bonds is 4. The smallest absolute Gasteiger partial charge is 0.261 e. The fourth-order valence-electron chi connectivity index (χ4n) is 1.61. The molecule has 2 aromatic carbocycles. The Morgan fingerprint density at radius 1 is 1.19 bits per heavy atom. The summed E-state index contributed by atoms with van der Waals surface area (Å²) in [4.78, 5) is -0.178. The molecular formula is C13H12FN3O3S. The number of sulfonamides is 1. The molecule has 0 aliphatic heterocycles. The van der Waals surface area contributed by atoms with Crippen LogP contribution in [0, 0.1) is 5.82 Å². The van der Waals surface area contributed by atoms with Crippen molar-refractivity contribution in [1.82, 2.24) is 0 Å². The molecule has 0 unspecified atom stereocenters. The first kappa shape index (κ1) is 14.8. The summed E-state index contributed by atoms with van der Waals surface area (Å²) >= 11 is 0. The second kappa shape index (κ2) is 5.80. The van der Waals surface area contributed by atoms with Crippen LogP contribution in [0.3, 0.4) is 0 Å². The molecule has 110 valence electrons. The number of amidine groups is 1. The van der Waals surface area contributed by atoms with E-state index in [1.165, 1.54) is 36.4 Å². The Balaban J connectivity index is 2.25. The zero-order valence-corrected chi connectivity index (χ0v) is 11.5. The highest BCUT2D eigenvalue weighted by Gasteiger charge is 2.14. The van der Waals surface area contributed by atoms with Crippen LogP contribution < -0.4 is 10.5 Å². The topological polar surface area (TPSA) is 105 Å². The third-order valence-corrected chi connectivity index (χ3v) is 4.03. The summed E-state index contributed by atoms with van der Waals surface area (Å²) in [7, 11) is -3.88. The highest BCUT2D eigenvalue weighted by atomic mass is 32.2. The van der Waals surface area contributed by atoms with Crippen molar-refractivity contribution in [3.8, 4) is 0 Å². The molecule has 0 heterocycles. The maximum absolute atomic E-state index is 13.1. The van der Waals surface area contributed by atoms with E-state index >= 15 is 0 Å². The van der Waals surface area contributed by atoms with E-state index in [-0.39, 0.29) is 16.4 Å². The summed E-state index contributed by atoms with van der Waals surface area (Å²) in [6.07, 6.45) is 0. The predicted octanol–water partition coefficient (Wildman–Crippen LogP) is 1.72. The van der Waals surface area contributed by atoms with Crippen molar-refractivity contribution in [2.45, 2.75) is 4.90 Å². The fraction of sp³-hybridized carbons (Fsp3) is 0. The number of benzene rings is 2. The summed E-state index contributed by atoms with van der Waals surface area (Å²) in [6, 6.07) is 10.5. The Labute approximate surface area is 120 Å². The van der Waals surface area contributed by atoms with E-state index in [9.17, 15) is 12.8 Å². The van der Waals surface area contributed by atoms with Gasteiger partial charge in [0, 0.05) is 11.3 Å². The zero-order chi connectivity index (χ0) is 15.5. The van der Waals surface area contributed by atoms with E-state index in [4.69, 9.17) is 10.9 Å². The summed E-state index contributed by atoms with van der Waals surface area (Å²) < 4.78 is 39.5. The highest BCUT2D eigenvalue weighted by molar-refractivity contribution is 7.92. The number of oxime groups is 1. The minimum absolute atomic E-state index is 0.0884. The first-order chi connectivity index (χ1) is 9.92. The second-order valence-corrected chi connectivity index (χ2v) is 5.81. The summed E-state index contributed by atoms with van der Waals surface area (Å²) in [5, 5.41) is 11.4. The number of hydrogen-bond acceptors (Lipinski definition) is 4. The van der Waals surface area contributed by atoms with Gasteiger partial charge < -0.3 is 10.9 Å². The van der Waals surface area contributed by atoms with E-state index in [2.05, 4.69) is 9.88 Å². The van der Waals surface area contributed by atoms with Crippen molar-refractivity contribution in [1.29, 1.82) is 0 Å². The van der Waals surface area contributed by atoms with Crippen LogP contribution in [0.1, 0.15) is 5.56 Å². The van der Waals surface area contributed by atoms with Crippen LogP contribution in [0.5, 0.6) is 0 Å². The van der Waals surface area contributed by atoms with Gasteiger partial charge in [-0.1, -0.05) is 11.2 Å². The molecule has 0 fully saturated rings. The molecule has 8 heteroatoms. The van der Waals surface area contributed by atoms with Crippen molar-refractivity contribution in [2.75, 3.05) is 4.72 Å². The number of nitrogens with zero attached hydrogens (tertiary/aromatic N) is 1. The van der Waals surface area contributed by atoms with Crippen LogP contribution in [0.25, 0.3) is 0 Å². The largest absolute Gasteiger partial charge is 0.409 e. The number of hydrogen-bond donors (Lipinski definition) is 3. The van der Waals surface area contributed by atoms with Gasteiger partial charge >= 0.3 is 0 Å². The molecule has 0 amide bonds. The van der Waals surface area contributed by atoms with Gasteiger partial charge in [-0.2, -0.15) is 0 Å². The van der Waals surface area contributed by atoms with Crippen LogP contribution in [0.2, 0.25) is 0 Å². The third-order valence-electron chi connectivity index (χ3n) is 2.65. The first-order valence-electron chi connectivity index (χ1n) is 5.79. The quantitative estimate of drug-likeness (QED) is 0.346. The molecule has 0 aromatic heterocycles. The Hall–Kier alpha value is -2.61. The second-order valence-electron chi connectivity index (χ2n) is 4.13. The maximum Gasteiger partial charge on any atom is 0.261 e. The van der Waals surface area contributed by atoms with Gasteiger partial charge in [0.1, 0.15) is 5.82 Å². The number of nitrogens with two attached hydrogens (primary N) is 1. The van der Waals surface area contributed by atoms with Gasteiger partial charge in [0.15, 0.2) is 5.84 Å². The minimum Gasteiger partial charge on any atom is -0.409 e. The van der Waals surface area contributed by atoms with Gasteiger partial charge in [-0.05, 0) is 42.5 Å². The van der Waals surface area contributed by atoms with Crippen LogP contribution >= 0.6 is 0 Å². The average molecular weight is 309 g/mol. The van der Waals surface area contributed by atoms with Crippen LogP contribution in [0.15, 0.2) is 58.6 Å². The van der Waals surface area contributed by atoms with Gasteiger partial charge in [-0.3, -0.25) is 4.72 Å². The zero-order valence-electron chi connectivity index (χ0n) is 10.7. The molecule has 0 bridgehead atoms. The Bertz CT molecular complexity index is 774. The molecule has 2 rings (SSSR count). The number of halogens is 1. The lowest BCUT2D eigenvalue weighted by molar-refractivity contribution is 0.318. The number of nitrogens with one attached hydrogen (secondary N) is 1. The molecule has 0 atom stereocenters. The Kier molecular flexibility index (Phi) is 4.08. The fourth-order valence-corrected chi connectivity index (χ4v) is 2.70. The summed E-state index contributed by atoms with van der Waals surface area (Å²) in [5.41, 5.74) is 6.11. The lowest BCUT2D eigenvalue weighted by Crippen LogP contribution is -2.15. The Morgan fingerprint density at radius 2 is 1.86 bits per heavy atom. The van der Waals surface area contributed by atoms with Crippen molar-refractivity contribution in [2.24, 2.45) is 10.9 Å². The molecule has 21 heavy (non-hydrogen) atoms. The van der Waals surface area contributed by atoms with Crippen molar-refractivity contribution in [3.63, 3.8) is 0 Å². The van der Waals surface area contributed by atoms with Gasteiger partial charge in [0.25, 0.3) is 10.0 Å². The molecule has 0 radical (unpaired) electrons. The highest BCUT2D eigenvalue weighted by Crippen LogP contribution is 2.17. The van der Waals surface area contributed by atoms with Gasteiger partial charge in [0.2, 0.25) is 0 Å². The van der Waals surface area contributed by atoms with Crippen LogP contribution in [0.4, 0.5) is 10.1 Å². The van der Waals surface area contributed by atoms with Crippen LogP contribution in [-0.2, 0) is 10.0 Å². The molecule has 0 saturated carbocycles. The maximum atomic E-state index is 13.1. The SMILES string of the molecule is N/C(=N/O)c1ccc(NS(=O)(=O)c2cccc(F)c2)cc1.